The summed E-state index contributed by atoms with van der Waals surface area (Å²) in [7, 11) is 0. The fourth-order valence-electron chi connectivity index (χ4n) is 2.24. The first-order valence-corrected chi connectivity index (χ1v) is 7.54. The molecule has 0 radical (unpaired) electrons. The number of carbonyl (C=O) groups is 1. The highest BCUT2D eigenvalue weighted by Gasteiger charge is 2.06. The topological polar surface area (TPSA) is 43.1 Å². The number of nitrogens with two attached hydrogens (primary N) is 1. The number of aryl methyl sites for hydroxylation is 1. The van der Waals surface area contributed by atoms with Crippen molar-refractivity contribution in [3.8, 4) is 0 Å². The largest absolute Gasteiger partial charge is 0.399 e. The van der Waals surface area contributed by atoms with Gasteiger partial charge in [0, 0.05) is 17.7 Å². The van der Waals surface area contributed by atoms with Gasteiger partial charge in [-0.3, -0.25) is 4.79 Å². The number of benzene rings is 1. The van der Waals surface area contributed by atoms with Gasteiger partial charge in [0.2, 0.25) is 0 Å². The molecule has 19 heavy (non-hydrogen) atoms. The Labute approximate surface area is 117 Å². The molecule has 0 aliphatic rings. The number of anilines is 1. The maximum atomic E-state index is 12.0. The van der Waals surface area contributed by atoms with Gasteiger partial charge < -0.3 is 5.73 Å². The van der Waals surface area contributed by atoms with Gasteiger partial charge >= 0.3 is 0 Å². The summed E-state index contributed by atoms with van der Waals surface area (Å²) in [6.45, 7) is 4.17. The maximum absolute atomic E-state index is 12.0. The third-order valence-electron chi connectivity index (χ3n) is 3.60. The van der Waals surface area contributed by atoms with Crippen LogP contribution in [0.3, 0.4) is 0 Å². The molecule has 0 saturated carbocycles. The summed E-state index contributed by atoms with van der Waals surface area (Å²) in [5.74, 6) is 0.247. The lowest BCUT2D eigenvalue weighted by molar-refractivity contribution is 0.0979. The Bertz CT molecular complexity index is 398. The van der Waals surface area contributed by atoms with Gasteiger partial charge in [-0.2, -0.15) is 0 Å². The number of ketones is 1. The maximum Gasteiger partial charge on any atom is 0.162 e. The van der Waals surface area contributed by atoms with Crippen molar-refractivity contribution in [3.63, 3.8) is 0 Å². The third kappa shape index (κ3) is 5.91. The number of carbonyl (C=O) groups excluding carboxylic acids is 1. The molecule has 2 N–H and O–H groups in total. The van der Waals surface area contributed by atoms with E-state index >= 15 is 0 Å². The smallest absolute Gasteiger partial charge is 0.162 e. The molecule has 0 heterocycles. The van der Waals surface area contributed by atoms with Crippen molar-refractivity contribution >= 4 is 11.5 Å². The van der Waals surface area contributed by atoms with Crippen LogP contribution in [0.1, 0.15) is 74.2 Å². The van der Waals surface area contributed by atoms with Crippen LogP contribution in [0.25, 0.3) is 0 Å². The highest BCUT2D eigenvalue weighted by molar-refractivity contribution is 5.96. The van der Waals surface area contributed by atoms with Gasteiger partial charge in [0.15, 0.2) is 5.78 Å². The number of hydrogen-bond acceptors (Lipinski definition) is 2. The lowest BCUT2D eigenvalue weighted by atomic mass is 10.0. The molecule has 0 amide bonds. The van der Waals surface area contributed by atoms with Crippen LogP contribution < -0.4 is 5.73 Å². The Morgan fingerprint density at radius 3 is 2.32 bits per heavy atom. The van der Waals surface area contributed by atoms with E-state index in [-0.39, 0.29) is 5.78 Å². The van der Waals surface area contributed by atoms with Crippen LogP contribution in [0.4, 0.5) is 5.69 Å². The molecule has 0 bridgehead atoms. The number of nitrogen functional groups attached to an aromatic ring is 1. The second-order valence-electron chi connectivity index (χ2n) is 5.37. The molecule has 0 aliphatic carbocycles. The summed E-state index contributed by atoms with van der Waals surface area (Å²) < 4.78 is 0. The zero-order valence-electron chi connectivity index (χ0n) is 12.4. The van der Waals surface area contributed by atoms with E-state index in [4.69, 9.17) is 5.73 Å². The van der Waals surface area contributed by atoms with Gasteiger partial charge in [0.25, 0.3) is 0 Å². The van der Waals surface area contributed by atoms with Crippen molar-refractivity contribution < 1.29 is 4.79 Å². The van der Waals surface area contributed by atoms with Gasteiger partial charge in [-0.1, -0.05) is 45.4 Å². The van der Waals surface area contributed by atoms with E-state index < -0.39 is 0 Å². The van der Waals surface area contributed by atoms with E-state index in [1.807, 2.05) is 25.1 Å². The predicted octanol–water partition coefficient (Wildman–Crippen LogP) is 4.90. The molecule has 0 fully saturated rings. The Kier molecular flexibility index (Phi) is 7.24. The average molecular weight is 261 g/mol. The summed E-state index contributed by atoms with van der Waals surface area (Å²) in [6, 6.07) is 5.57. The Morgan fingerprint density at radius 1 is 1.05 bits per heavy atom. The molecule has 0 aliphatic heterocycles. The highest BCUT2D eigenvalue weighted by Crippen LogP contribution is 2.16. The Hall–Kier alpha value is -1.31. The van der Waals surface area contributed by atoms with E-state index in [0.29, 0.717) is 6.42 Å². The Morgan fingerprint density at radius 2 is 1.68 bits per heavy atom. The Balaban J connectivity index is 2.22. The van der Waals surface area contributed by atoms with Crippen LogP contribution in [0.2, 0.25) is 0 Å². The van der Waals surface area contributed by atoms with Crippen molar-refractivity contribution in [1.82, 2.24) is 0 Å². The molecule has 0 saturated heterocycles. The van der Waals surface area contributed by atoms with Gasteiger partial charge in [0.1, 0.15) is 0 Å². The van der Waals surface area contributed by atoms with Crippen LogP contribution in [0.5, 0.6) is 0 Å². The van der Waals surface area contributed by atoms with E-state index in [2.05, 4.69) is 6.92 Å². The number of rotatable bonds is 9. The van der Waals surface area contributed by atoms with E-state index in [1.165, 1.54) is 38.5 Å². The molecule has 1 rings (SSSR count). The van der Waals surface area contributed by atoms with Gasteiger partial charge in [-0.25, -0.2) is 0 Å². The first-order chi connectivity index (χ1) is 9.15. The summed E-state index contributed by atoms with van der Waals surface area (Å²) >= 11 is 0. The lowest BCUT2D eigenvalue weighted by Gasteiger charge is -2.05. The minimum absolute atomic E-state index is 0.247. The molecule has 0 aromatic heterocycles. The van der Waals surface area contributed by atoms with Crippen molar-refractivity contribution in [1.29, 1.82) is 0 Å². The summed E-state index contributed by atoms with van der Waals surface area (Å²) in [5, 5.41) is 0. The first kappa shape index (κ1) is 15.7. The third-order valence-corrected chi connectivity index (χ3v) is 3.60. The molecule has 2 nitrogen and oxygen atoms in total. The quantitative estimate of drug-likeness (QED) is 0.390. The minimum Gasteiger partial charge on any atom is -0.399 e. The highest BCUT2D eigenvalue weighted by atomic mass is 16.1. The SMILES string of the molecule is CCCCCCCCCC(=O)c1ccc(N)c(C)c1. The van der Waals surface area contributed by atoms with Crippen molar-refractivity contribution in [2.75, 3.05) is 5.73 Å². The summed E-state index contributed by atoms with van der Waals surface area (Å²) in [5.41, 5.74) is 8.31. The molecule has 0 spiro atoms. The van der Waals surface area contributed by atoms with E-state index in [9.17, 15) is 4.79 Å². The zero-order valence-corrected chi connectivity index (χ0v) is 12.4. The van der Waals surface area contributed by atoms with Crippen LogP contribution in [-0.4, -0.2) is 5.78 Å². The number of unbranched alkanes of at least 4 members (excludes halogenated alkanes) is 6. The van der Waals surface area contributed by atoms with Gasteiger partial charge in [0.05, 0.1) is 0 Å². The van der Waals surface area contributed by atoms with Crippen LogP contribution >= 0.6 is 0 Å². The lowest BCUT2D eigenvalue weighted by Crippen LogP contribution is -2.00. The monoisotopic (exact) mass is 261 g/mol. The second kappa shape index (κ2) is 8.73. The standard InChI is InChI=1S/C17H27NO/c1-3-4-5-6-7-8-9-10-17(19)15-11-12-16(18)14(2)13-15/h11-13H,3-10,18H2,1-2H3. The van der Waals surface area contributed by atoms with Crippen LogP contribution in [-0.2, 0) is 0 Å². The van der Waals surface area contributed by atoms with E-state index in [0.717, 1.165) is 23.2 Å². The molecular formula is C17H27NO. The van der Waals surface area contributed by atoms with Crippen LogP contribution in [0, 0.1) is 6.92 Å². The molecular weight excluding hydrogens is 234 g/mol. The average Bonchev–Trinajstić information content (AvgIpc) is 2.40. The predicted molar refractivity (Wildman–Crippen MR) is 82.5 cm³/mol. The molecule has 0 atom stereocenters. The number of hydrogen-bond donors (Lipinski definition) is 1. The normalized spacial score (nSPS) is 10.6. The van der Waals surface area contributed by atoms with E-state index in [1.54, 1.807) is 0 Å². The second-order valence-corrected chi connectivity index (χ2v) is 5.37. The van der Waals surface area contributed by atoms with Gasteiger partial charge in [-0.15, -0.1) is 0 Å². The number of Topliss-reactive ketones (excluding diaryl/α,β-unsaturated/α-hetero) is 1. The molecule has 2 heteroatoms. The first-order valence-electron chi connectivity index (χ1n) is 7.54. The zero-order chi connectivity index (χ0) is 14.1. The molecule has 1 aromatic rings. The molecule has 1 aromatic carbocycles. The van der Waals surface area contributed by atoms with Gasteiger partial charge in [-0.05, 0) is 37.1 Å². The van der Waals surface area contributed by atoms with Crippen molar-refractivity contribution in [3.05, 3.63) is 29.3 Å². The summed E-state index contributed by atoms with van der Waals surface area (Å²) in [6.07, 6.45) is 9.37. The van der Waals surface area contributed by atoms with Crippen molar-refractivity contribution in [2.24, 2.45) is 0 Å². The fraction of sp³-hybridized carbons (Fsp3) is 0.588. The van der Waals surface area contributed by atoms with Crippen molar-refractivity contribution in [2.45, 2.75) is 65.2 Å². The molecule has 106 valence electrons. The van der Waals surface area contributed by atoms with Crippen LogP contribution in [0.15, 0.2) is 18.2 Å². The molecule has 0 unspecified atom stereocenters. The fourth-order valence-corrected chi connectivity index (χ4v) is 2.24. The minimum atomic E-state index is 0.247. The summed E-state index contributed by atoms with van der Waals surface area (Å²) in [4.78, 5) is 12.0.